The second-order valence-corrected chi connectivity index (χ2v) is 4.38. The Morgan fingerprint density at radius 1 is 1.13 bits per heavy atom. The highest BCUT2D eigenvalue weighted by Gasteiger charge is 2.11. The summed E-state index contributed by atoms with van der Waals surface area (Å²) in [6.07, 6.45) is 12.8. The molecule has 1 aliphatic heterocycles. The van der Waals surface area contributed by atoms with Gasteiger partial charge in [-0.05, 0) is 31.3 Å². The maximum absolute atomic E-state index is 4.60. The van der Waals surface area contributed by atoms with E-state index in [9.17, 15) is 0 Å². The first-order chi connectivity index (χ1) is 7.38. The fraction of sp³-hybridized carbons (Fsp3) is 0.786. The van der Waals surface area contributed by atoms with Crippen LogP contribution in [0, 0.1) is 0 Å². The number of hydrogen-bond donors (Lipinski definition) is 0. The molecule has 0 saturated carbocycles. The lowest BCUT2D eigenvalue weighted by molar-refractivity contribution is 0.643. The molecule has 0 fully saturated rings. The third-order valence-corrected chi connectivity index (χ3v) is 3.02. The molecule has 0 radical (unpaired) electrons. The first kappa shape index (κ1) is 12.5. The van der Waals surface area contributed by atoms with Crippen LogP contribution in [0.25, 0.3) is 0 Å². The highest BCUT2D eigenvalue weighted by Crippen LogP contribution is 2.18. The molecule has 0 bridgehead atoms. The maximum Gasteiger partial charge on any atom is 0.0433 e. The van der Waals surface area contributed by atoms with Crippen LogP contribution < -0.4 is 0 Å². The molecule has 1 heterocycles. The van der Waals surface area contributed by atoms with Crippen LogP contribution in [-0.4, -0.2) is 12.3 Å². The molecular formula is C14H25N. The zero-order chi connectivity index (χ0) is 10.9. The van der Waals surface area contributed by atoms with E-state index in [1.54, 1.807) is 0 Å². The smallest absolute Gasteiger partial charge is 0.0433 e. The predicted molar refractivity (Wildman–Crippen MR) is 68.7 cm³/mol. The summed E-state index contributed by atoms with van der Waals surface area (Å²) in [5, 5.41) is 0. The Morgan fingerprint density at radius 2 is 1.93 bits per heavy atom. The molecule has 0 aromatic heterocycles. The monoisotopic (exact) mass is 207 g/mol. The second-order valence-electron chi connectivity index (χ2n) is 4.38. The van der Waals surface area contributed by atoms with Gasteiger partial charge in [0.05, 0.1) is 0 Å². The average Bonchev–Trinajstić information content (AvgIpc) is 2.66. The zero-order valence-corrected chi connectivity index (χ0v) is 10.4. The fourth-order valence-corrected chi connectivity index (χ4v) is 2.16. The number of aliphatic imine (C=N–C) groups is 1. The van der Waals surface area contributed by atoms with Crippen molar-refractivity contribution in [2.45, 2.75) is 65.2 Å². The van der Waals surface area contributed by atoms with E-state index >= 15 is 0 Å². The van der Waals surface area contributed by atoms with Gasteiger partial charge in [0, 0.05) is 12.3 Å². The molecule has 0 atom stereocenters. The zero-order valence-electron chi connectivity index (χ0n) is 10.4. The minimum atomic E-state index is 1.04. The molecule has 0 N–H and O–H groups in total. The van der Waals surface area contributed by atoms with Crippen molar-refractivity contribution in [1.82, 2.24) is 0 Å². The van der Waals surface area contributed by atoms with E-state index in [4.69, 9.17) is 0 Å². The molecule has 0 saturated heterocycles. The highest BCUT2D eigenvalue weighted by atomic mass is 14.8. The molecule has 1 rings (SSSR count). The van der Waals surface area contributed by atoms with Gasteiger partial charge >= 0.3 is 0 Å². The van der Waals surface area contributed by atoms with E-state index in [-0.39, 0.29) is 0 Å². The van der Waals surface area contributed by atoms with Crippen molar-refractivity contribution in [2.75, 3.05) is 6.54 Å². The van der Waals surface area contributed by atoms with Crippen LogP contribution >= 0.6 is 0 Å². The Labute approximate surface area is 94.7 Å². The van der Waals surface area contributed by atoms with Crippen LogP contribution in [0.1, 0.15) is 65.2 Å². The van der Waals surface area contributed by atoms with Crippen molar-refractivity contribution in [2.24, 2.45) is 4.99 Å². The molecule has 0 unspecified atom stereocenters. The summed E-state index contributed by atoms with van der Waals surface area (Å²) in [5.41, 5.74) is 2.95. The van der Waals surface area contributed by atoms with Crippen molar-refractivity contribution < 1.29 is 0 Å². The molecule has 0 amide bonds. The van der Waals surface area contributed by atoms with Crippen molar-refractivity contribution >= 4 is 5.71 Å². The molecule has 1 aliphatic rings. The molecular weight excluding hydrogens is 182 g/mol. The van der Waals surface area contributed by atoms with Crippen LogP contribution in [0.5, 0.6) is 0 Å². The summed E-state index contributed by atoms with van der Waals surface area (Å²) in [6.45, 7) is 5.52. The van der Waals surface area contributed by atoms with Crippen LogP contribution in [0.15, 0.2) is 16.6 Å². The molecule has 15 heavy (non-hydrogen) atoms. The molecule has 0 aromatic carbocycles. The van der Waals surface area contributed by atoms with Gasteiger partial charge in [0.15, 0.2) is 0 Å². The molecule has 1 heteroatoms. The molecule has 1 nitrogen and oxygen atoms in total. The van der Waals surface area contributed by atoms with Gasteiger partial charge in [-0.15, -0.1) is 0 Å². The van der Waals surface area contributed by atoms with E-state index in [0.717, 1.165) is 13.0 Å². The second kappa shape index (κ2) is 7.67. The van der Waals surface area contributed by atoms with E-state index < -0.39 is 0 Å². The number of hydrogen-bond acceptors (Lipinski definition) is 1. The normalized spacial score (nSPS) is 18.5. The number of nitrogens with zero attached hydrogens (tertiary/aromatic N) is 1. The van der Waals surface area contributed by atoms with Gasteiger partial charge in [-0.2, -0.15) is 0 Å². The summed E-state index contributed by atoms with van der Waals surface area (Å²) in [4.78, 5) is 4.60. The van der Waals surface area contributed by atoms with E-state index in [2.05, 4.69) is 24.9 Å². The van der Waals surface area contributed by atoms with E-state index in [0.29, 0.717) is 0 Å². The van der Waals surface area contributed by atoms with Crippen molar-refractivity contribution in [3.8, 4) is 0 Å². The average molecular weight is 207 g/mol. The van der Waals surface area contributed by atoms with Gasteiger partial charge in [-0.3, -0.25) is 4.99 Å². The van der Waals surface area contributed by atoms with Crippen molar-refractivity contribution in [1.29, 1.82) is 0 Å². The lowest BCUT2D eigenvalue weighted by atomic mass is 10.0. The highest BCUT2D eigenvalue weighted by molar-refractivity contribution is 6.01. The minimum Gasteiger partial charge on any atom is -0.289 e. The summed E-state index contributed by atoms with van der Waals surface area (Å²) < 4.78 is 0. The molecule has 86 valence electrons. The maximum atomic E-state index is 4.60. The number of unbranched alkanes of at least 4 members (excludes halogenated alkanes) is 4. The largest absolute Gasteiger partial charge is 0.289 e. The van der Waals surface area contributed by atoms with Gasteiger partial charge in [-0.25, -0.2) is 0 Å². The van der Waals surface area contributed by atoms with E-state index in [1.165, 1.54) is 56.2 Å². The van der Waals surface area contributed by atoms with Gasteiger partial charge in [-0.1, -0.05) is 45.6 Å². The van der Waals surface area contributed by atoms with Crippen molar-refractivity contribution in [3.63, 3.8) is 0 Å². The summed E-state index contributed by atoms with van der Waals surface area (Å²) in [7, 11) is 0. The third-order valence-electron chi connectivity index (χ3n) is 3.02. The standard InChI is InChI=1S/C14H25N/c1-3-5-6-7-8-10-14-13(9-4-2)11-12-15-14/h9H,3-8,10-12H2,1-2H3/b13-9+. The SMILES string of the molecule is CC/C=C1\CCN=C1CCCCCCC. The lowest BCUT2D eigenvalue weighted by Gasteiger charge is -2.03. The summed E-state index contributed by atoms with van der Waals surface area (Å²) >= 11 is 0. The number of allylic oxidation sites excluding steroid dienone is 1. The van der Waals surface area contributed by atoms with Gasteiger partial charge < -0.3 is 0 Å². The Hall–Kier alpha value is -0.590. The Morgan fingerprint density at radius 3 is 2.67 bits per heavy atom. The molecule has 0 aromatic rings. The number of rotatable bonds is 7. The first-order valence-corrected chi connectivity index (χ1v) is 6.61. The van der Waals surface area contributed by atoms with Crippen molar-refractivity contribution in [3.05, 3.63) is 11.6 Å². The Bertz CT molecular complexity index is 225. The Balaban J connectivity index is 2.17. The van der Waals surface area contributed by atoms with Crippen LogP contribution in [0.4, 0.5) is 0 Å². The summed E-state index contributed by atoms with van der Waals surface area (Å²) in [6, 6.07) is 0. The van der Waals surface area contributed by atoms with Gasteiger partial charge in [0.1, 0.15) is 0 Å². The van der Waals surface area contributed by atoms with Crippen LogP contribution in [-0.2, 0) is 0 Å². The molecule has 0 spiro atoms. The van der Waals surface area contributed by atoms with E-state index in [1.807, 2.05) is 0 Å². The first-order valence-electron chi connectivity index (χ1n) is 6.61. The predicted octanol–water partition coefficient (Wildman–Crippen LogP) is 4.53. The van der Waals surface area contributed by atoms with Crippen LogP contribution in [0.2, 0.25) is 0 Å². The quantitative estimate of drug-likeness (QED) is 0.544. The molecule has 0 aliphatic carbocycles. The lowest BCUT2D eigenvalue weighted by Crippen LogP contribution is -1.97. The Kier molecular flexibility index (Phi) is 6.38. The van der Waals surface area contributed by atoms with Crippen LogP contribution in [0.3, 0.4) is 0 Å². The van der Waals surface area contributed by atoms with Gasteiger partial charge in [0.2, 0.25) is 0 Å². The topological polar surface area (TPSA) is 12.4 Å². The minimum absolute atomic E-state index is 1.04. The summed E-state index contributed by atoms with van der Waals surface area (Å²) in [5.74, 6) is 0. The third kappa shape index (κ3) is 4.63. The fourth-order valence-electron chi connectivity index (χ4n) is 2.16. The van der Waals surface area contributed by atoms with Gasteiger partial charge in [0.25, 0.3) is 0 Å².